The molecule has 2 aromatic rings. The van der Waals surface area contributed by atoms with Crippen LogP contribution in [0.1, 0.15) is 5.76 Å². The first-order valence-electron chi connectivity index (χ1n) is 6.29. The van der Waals surface area contributed by atoms with E-state index in [9.17, 15) is 14.9 Å². The van der Waals surface area contributed by atoms with Crippen molar-refractivity contribution in [2.24, 2.45) is 5.73 Å². The van der Waals surface area contributed by atoms with E-state index in [1.54, 1.807) is 12.1 Å². The predicted molar refractivity (Wildman–Crippen MR) is 79.5 cm³/mol. The number of halogens is 1. The van der Waals surface area contributed by atoms with Crippen molar-refractivity contribution >= 4 is 23.3 Å². The molecular formula is C14H13ClN2O5. The first kappa shape index (κ1) is 16.0. The maximum Gasteiger partial charge on any atom is 0.323 e. The third-order valence-corrected chi connectivity index (χ3v) is 3.34. The molecule has 8 heteroatoms. The smallest absolute Gasteiger partial charge is 0.323 e. The van der Waals surface area contributed by atoms with Crippen LogP contribution in [0.4, 0.5) is 5.69 Å². The number of benzene rings is 1. The zero-order chi connectivity index (χ0) is 16.3. The molecule has 0 aliphatic carbocycles. The van der Waals surface area contributed by atoms with Crippen LogP contribution in [0.3, 0.4) is 0 Å². The fourth-order valence-electron chi connectivity index (χ4n) is 1.90. The Morgan fingerprint density at radius 3 is 2.82 bits per heavy atom. The molecule has 7 nitrogen and oxygen atoms in total. The van der Waals surface area contributed by atoms with Gasteiger partial charge in [0.2, 0.25) is 0 Å². The SMILES string of the molecule is COC(=O)C(N)Cc1ccc(-c2cc([N+](=O)[O-])ccc2Cl)o1. The molecule has 2 rings (SSSR count). The zero-order valence-corrected chi connectivity index (χ0v) is 12.4. The van der Waals surface area contributed by atoms with Gasteiger partial charge >= 0.3 is 5.97 Å². The van der Waals surface area contributed by atoms with Gasteiger partial charge in [-0.25, -0.2) is 0 Å². The van der Waals surface area contributed by atoms with Crippen LogP contribution in [0.15, 0.2) is 34.7 Å². The number of carbonyl (C=O) groups excluding carboxylic acids is 1. The molecule has 0 spiro atoms. The number of rotatable bonds is 5. The van der Waals surface area contributed by atoms with Crippen molar-refractivity contribution in [2.45, 2.75) is 12.5 Å². The number of nitrogens with zero attached hydrogens (tertiary/aromatic N) is 1. The highest BCUT2D eigenvalue weighted by Gasteiger charge is 2.18. The quantitative estimate of drug-likeness (QED) is 0.514. The molecule has 1 heterocycles. The van der Waals surface area contributed by atoms with E-state index in [0.717, 1.165) is 0 Å². The number of nitro groups is 1. The van der Waals surface area contributed by atoms with E-state index in [4.69, 9.17) is 21.8 Å². The highest BCUT2D eigenvalue weighted by molar-refractivity contribution is 6.33. The van der Waals surface area contributed by atoms with Crippen LogP contribution < -0.4 is 5.73 Å². The van der Waals surface area contributed by atoms with Gasteiger partial charge in [-0.15, -0.1) is 0 Å². The second-order valence-corrected chi connectivity index (χ2v) is 4.93. The van der Waals surface area contributed by atoms with Crippen molar-refractivity contribution in [3.63, 3.8) is 0 Å². The van der Waals surface area contributed by atoms with Crippen LogP contribution in [0.5, 0.6) is 0 Å². The van der Waals surface area contributed by atoms with Gasteiger partial charge in [0, 0.05) is 24.1 Å². The lowest BCUT2D eigenvalue weighted by Gasteiger charge is -2.06. The lowest BCUT2D eigenvalue weighted by atomic mass is 10.1. The van der Waals surface area contributed by atoms with Crippen molar-refractivity contribution in [1.29, 1.82) is 0 Å². The summed E-state index contributed by atoms with van der Waals surface area (Å²) in [5.41, 5.74) is 5.95. The van der Waals surface area contributed by atoms with Crippen LogP contribution in [0.25, 0.3) is 11.3 Å². The normalized spacial score (nSPS) is 12.0. The predicted octanol–water partition coefficient (Wildman–Crippen LogP) is 2.55. The lowest BCUT2D eigenvalue weighted by Crippen LogP contribution is -2.33. The molecule has 0 bridgehead atoms. The third-order valence-electron chi connectivity index (χ3n) is 3.01. The second kappa shape index (κ2) is 6.59. The molecule has 0 aliphatic rings. The summed E-state index contributed by atoms with van der Waals surface area (Å²) in [5, 5.41) is 11.1. The maximum atomic E-state index is 11.3. The fourth-order valence-corrected chi connectivity index (χ4v) is 2.11. The van der Waals surface area contributed by atoms with Crippen molar-refractivity contribution < 1.29 is 18.9 Å². The number of methoxy groups -OCH3 is 1. The van der Waals surface area contributed by atoms with E-state index >= 15 is 0 Å². The average molecular weight is 325 g/mol. The minimum absolute atomic E-state index is 0.0939. The van der Waals surface area contributed by atoms with Crippen LogP contribution in [0.2, 0.25) is 5.02 Å². The van der Waals surface area contributed by atoms with Crippen LogP contribution >= 0.6 is 11.6 Å². The first-order valence-corrected chi connectivity index (χ1v) is 6.66. The van der Waals surface area contributed by atoms with E-state index < -0.39 is 16.9 Å². The Bertz CT molecular complexity index is 713. The van der Waals surface area contributed by atoms with E-state index in [2.05, 4.69) is 4.74 Å². The number of non-ortho nitro benzene ring substituents is 1. The Balaban J connectivity index is 2.26. The van der Waals surface area contributed by atoms with Gasteiger partial charge in [0.15, 0.2) is 0 Å². The summed E-state index contributed by atoms with van der Waals surface area (Å²) in [7, 11) is 1.25. The van der Waals surface area contributed by atoms with Gasteiger partial charge in [-0.05, 0) is 18.2 Å². The molecule has 2 N–H and O–H groups in total. The average Bonchev–Trinajstić information content (AvgIpc) is 2.94. The third kappa shape index (κ3) is 3.44. The standard InChI is InChI=1S/C14H13ClN2O5/c1-21-14(18)12(16)7-9-3-5-13(22-9)10-6-8(17(19)20)2-4-11(10)15/h2-6,12H,7,16H2,1H3. The minimum Gasteiger partial charge on any atom is -0.468 e. The molecule has 116 valence electrons. The fraction of sp³-hybridized carbons (Fsp3) is 0.214. The molecule has 0 amide bonds. The highest BCUT2D eigenvalue weighted by atomic mass is 35.5. The molecule has 22 heavy (non-hydrogen) atoms. The van der Waals surface area contributed by atoms with E-state index in [0.29, 0.717) is 22.1 Å². The Morgan fingerprint density at radius 1 is 1.45 bits per heavy atom. The molecule has 1 aromatic heterocycles. The van der Waals surface area contributed by atoms with Crippen molar-refractivity contribution in [3.05, 3.63) is 51.2 Å². The van der Waals surface area contributed by atoms with Crippen LogP contribution in [-0.4, -0.2) is 24.0 Å². The maximum absolute atomic E-state index is 11.3. The number of nitrogens with two attached hydrogens (primary N) is 1. The van der Waals surface area contributed by atoms with Crippen LogP contribution in [0, 0.1) is 10.1 Å². The number of carbonyl (C=O) groups is 1. The number of nitro benzene ring substituents is 1. The van der Waals surface area contributed by atoms with Gasteiger partial charge in [0.25, 0.3) is 5.69 Å². The van der Waals surface area contributed by atoms with Crippen molar-refractivity contribution in [1.82, 2.24) is 0 Å². The molecule has 1 aromatic carbocycles. The van der Waals surface area contributed by atoms with Gasteiger partial charge in [-0.2, -0.15) is 0 Å². The number of ether oxygens (including phenoxy) is 1. The molecule has 0 fully saturated rings. The second-order valence-electron chi connectivity index (χ2n) is 4.52. The first-order chi connectivity index (χ1) is 10.4. The van der Waals surface area contributed by atoms with E-state index in [1.807, 2.05) is 0 Å². The Hall–Kier alpha value is -2.38. The summed E-state index contributed by atoms with van der Waals surface area (Å²) < 4.78 is 10.1. The molecule has 0 saturated heterocycles. The lowest BCUT2D eigenvalue weighted by molar-refractivity contribution is -0.384. The van der Waals surface area contributed by atoms with E-state index in [1.165, 1.54) is 25.3 Å². The van der Waals surface area contributed by atoms with Gasteiger partial charge in [-0.3, -0.25) is 14.9 Å². The Labute approximate surface area is 130 Å². The minimum atomic E-state index is -0.843. The van der Waals surface area contributed by atoms with Gasteiger partial charge in [-0.1, -0.05) is 11.6 Å². The number of furan rings is 1. The number of hydrogen-bond donors (Lipinski definition) is 1. The number of esters is 1. The van der Waals surface area contributed by atoms with Crippen LogP contribution in [-0.2, 0) is 16.0 Å². The molecule has 0 saturated carbocycles. The summed E-state index contributed by atoms with van der Waals surface area (Å²) >= 11 is 6.04. The van der Waals surface area contributed by atoms with Gasteiger partial charge in [0.1, 0.15) is 17.6 Å². The van der Waals surface area contributed by atoms with Crippen molar-refractivity contribution in [3.8, 4) is 11.3 Å². The molecule has 0 radical (unpaired) electrons. The monoisotopic (exact) mass is 324 g/mol. The Kier molecular flexibility index (Phi) is 4.79. The summed E-state index contributed by atoms with van der Waals surface area (Å²) in [4.78, 5) is 21.6. The van der Waals surface area contributed by atoms with Gasteiger partial charge < -0.3 is 14.9 Å². The molecule has 1 unspecified atom stereocenters. The topological polar surface area (TPSA) is 109 Å². The van der Waals surface area contributed by atoms with Gasteiger partial charge in [0.05, 0.1) is 17.1 Å². The summed E-state index contributed by atoms with van der Waals surface area (Å²) in [6, 6.07) is 6.47. The summed E-state index contributed by atoms with van der Waals surface area (Å²) in [5.74, 6) is 0.266. The largest absolute Gasteiger partial charge is 0.468 e. The van der Waals surface area contributed by atoms with Crippen molar-refractivity contribution in [2.75, 3.05) is 7.11 Å². The summed E-state index contributed by atoms with van der Waals surface area (Å²) in [6.07, 6.45) is 0.152. The molecular weight excluding hydrogens is 312 g/mol. The Morgan fingerprint density at radius 2 is 2.18 bits per heavy atom. The summed E-state index contributed by atoms with van der Waals surface area (Å²) in [6.45, 7) is 0. The zero-order valence-electron chi connectivity index (χ0n) is 11.6. The molecule has 1 atom stereocenters. The number of hydrogen-bond acceptors (Lipinski definition) is 6. The highest BCUT2D eigenvalue weighted by Crippen LogP contribution is 2.32. The molecule has 0 aliphatic heterocycles. The van der Waals surface area contributed by atoms with E-state index in [-0.39, 0.29) is 12.1 Å².